The van der Waals surface area contributed by atoms with Crippen LogP contribution < -0.4 is 4.90 Å². The molecule has 34 heavy (non-hydrogen) atoms. The summed E-state index contributed by atoms with van der Waals surface area (Å²) in [6, 6.07) is 21.7. The molecule has 2 aliphatic rings. The van der Waals surface area contributed by atoms with Gasteiger partial charge in [0.05, 0.1) is 10.6 Å². The van der Waals surface area contributed by atoms with Crippen molar-refractivity contribution in [2.75, 3.05) is 25.0 Å². The summed E-state index contributed by atoms with van der Waals surface area (Å²) in [6.07, 6.45) is 2.79. The van der Waals surface area contributed by atoms with Gasteiger partial charge >= 0.3 is 0 Å². The summed E-state index contributed by atoms with van der Waals surface area (Å²) in [5, 5.41) is 0.604. The number of rotatable bonds is 3. The molecule has 0 aliphatic carbocycles. The van der Waals surface area contributed by atoms with Crippen molar-refractivity contribution in [2.45, 2.75) is 24.2 Å². The third-order valence-electron chi connectivity index (χ3n) is 6.52. The molecule has 6 heteroatoms. The number of hydrogen-bond acceptors (Lipinski definition) is 3. The van der Waals surface area contributed by atoms with E-state index in [1.807, 2.05) is 53.4 Å². The fourth-order valence-electron chi connectivity index (χ4n) is 4.50. The van der Waals surface area contributed by atoms with E-state index in [1.165, 1.54) is 22.9 Å². The molecule has 3 aromatic rings. The highest BCUT2D eigenvalue weighted by Crippen LogP contribution is 2.42. The Morgan fingerprint density at radius 3 is 2.62 bits per heavy atom. The fraction of sp³-hybridized carbons (Fsp3) is 0.214. The van der Waals surface area contributed by atoms with Crippen LogP contribution in [-0.4, -0.2) is 36.9 Å². The van der Waals surface area contributed by atoms with E-state index in [9.17, 15) is 9.59 Å². The molecule has 0 N–H and O–H groups in total. The summed E-state index contributed by atoms with van der Waals surface area (Å²) >= 11 is 7.69. The fourth-order valence-corrected chi connectivity index (χ4v) is 5.77. The number of likely N-dealkylation sites (N-methyl/N-ethyl adjacent to an activating group) is 1. The number of anilines is 1. The summed E-state index contributed by atoms with van der Waals surface area (Å²) in [5.74, 6) is 0.266. The van der Waals surface area contributed by atoms with Gasteiger partial charge in [0.1, 0.15) is 0 Å². The lowest BCUT2D eigenvalue weighted by molar-refractivity contribution is -0.114. The molecular weight excluding hydrogens is 464 g/mol. The van der Waals surface area contributed by atoms with E-state index in [0.29, 0.717) is 28.0 Å². The zero-order chi connectivity index (χ0) is 23.8. The molecule has 0 saturated carbocycles. The van der Waals surface area contributed by atoms with E-state index in [-0.39, 0.29) is 11.8 Å². The molecule has 4 nitrogen and oxygen atoms in total. The Morgan fingerprint density at radius 2 is 1.85 bits per heavy atom. The first-order valence-electron chi connectivity index (χ1n) is 11.3. The molecule has 172 valence electrons. The number of carbonyl (C=O) groups excluding carboxylic acids is 2. The topological polar surface area (TPSA) is 40.6 Å². The zero-order valence-corrected chi connectivity index (χ0v) is 20.7. The van der Waals surface area contributed by atoms with Crippen molar-refractivity contribution < 1.29 is 9.59 Å². The second-order valence-electron chi connectivity index (χ2n) is 8.83. The van der Waals surface area contributed by atoms with Gasteiger partial charge in [-0.15, -0.1) is 0 Å². The largest absolute Gasteiger partial charge is 0.338 e. The van der Waals surface area contributed by atoms with Crippen LogP contribution in [0.5, 0.6) is 0 Å². The van der Waals surface area contributed by atoms with E-state index in [2.05, 4.69) is 31.2 Å². The molecule has 0 radical (unpaired) electrons. The molecule has 0 bridgehead atoms. The van der Waals surface area contributed by atoms with Gasteiger partial charge in [0.15, 0.2) is 0 Å². The Morgan fingerprint density at radius 1 is 1.09 bits per heavy atom. The molecule has 0 spiro atoms. The standard InChI is InChI=1S/C28H25ClN2O2S/c1-18-7-9-19(10-8-18)22-13-14-31(17-22)27(32)21-11-12-25-24(15-21)30(2)28(33)26(34-25)16-20-5-3-4-6-23(20)29/h3-12,15-16,22H,13-14,17H2,1-2H3. The monoisotopic (exact) mass is 488 g/mol. The molecule has 1 fully saturated rings. The van der Waals surface area contributed by atoms with E-state index in [4.69, 9.17) is 11.6 Å². The van der Waals surface area contributed by atoms with Gasteiger partial charge in [-0.3, -0.25) is 9.59 Å². The van der Waals surface area contributed by atoms with Gasteiger partial charge in [0, 0.05) is 41.5 Å². The highest BCUT2D eigenvalue weighted by atomic mass is 35.5. The first-order valence-corrected chi connectivity index (χ1v) is 12.5. The van der Waals surface area contributed by atoms with Crippen molar-refractivity contribution in [1.82, 2.24) is 4.90 Å². The van der Waals surface area contributed by atoms with Crippen LogP contribution in [0.15, 0.2) is 76.5 Å². The molecule has 1 unspecified atom stereocenters. The minimum atomic E-state index is -0.109. The molecule has 2 amide bonds. The van der Waals surface area contributed by atoms with Gasteiger partial charge in [-0.1, -0.05) is 71.4 Å². The summed E-state index contributed by atoms with van der Waals surface area (Å²) < 4.78 is 0. The minimum Gasteiger partial charge on any atom is -0.338 e. The highest BCUT2D eigenvalue weighted by Gasteiger charge is 2.31. The zero-order valence-electron chi connectivity index (χ0n) is 19.1. The number of carbonyl (C=O) groups is 2. The number of benzene rings is 3. The van der Waals surface area contributed by atoms with Gasteiger partial charge in [-0.2, -0.15) is 0 Å². The molecule has 5 rings (SSSR count). The Bertz CT molecular complexity index is 1300. The van der Waals surface area contributed by atoms with Gasteiger partial charge in [0.2, 0.25) is 0 Å². The van der Waals surface area contributed by atoms with E-state index in [0.717, 1.165) is 29.1 Å². The maximum atomic E-state index is 13.3. The number of hydrogen-bond donors (Lipinski definition) is 0. The molecule has 2 aliphatic heterocycles. The molecule has 2 heterocycles. The van der Waals surface area contributed by atoms with E-state index in [1.54, 1.807) is 11.9 Å². The Kier molecular flexibility index (Phi) is 6.24. The molecular formula is C28H25ClN2O2S. The number of likely N-dealkylation sites (tertiary alicyclic amines) is 1. The third-order valence-corrected chi connectivity index (χ3v) is 7.94. The lowest BCUT2D eigenvalue weighted by Gasteiger charge is -2.28. The maximum Gasteiger partial charge on any atom is 0.264 e. The predicted molar refractivity (Wildman–Crippen MR) is 140 cm³/mol. The lowest BCUT2D eigenvalue weighted by atomic mass is 9.97. The Labute approximate surface area is 209 Å². The van der Waals surface area contributed by atoms with Crippen LogP contribution in [0.3, 0.4) is 0 Å². The van der Waals surface area contributed by atoms with Gasteiger partial charge in [-0.05, 0) is 54.8 Å². The number of nitrogens with zero attached hydrogens (tertiary/aromatic N) is 2. The van der Waals surface area contributed by atoms with Crippen molar-refractivity contribution in [3.8, 4) is 0 Å². The average Bonchev–Trinajstić information content (AvgIpc) is 3.34. The molecule has 1 saturated heterocycles. The van der Waals surface area contributed by atoms with Crippen LogP contribution in [0.25, 0.3) is 6.08 Å². The first kappa shape index (κ1) is 22.8. The number of amides is 2. The quantitative estimate of drug-likeness (QED) is 0.401. The average molecular weight is 489 g/mol. The number of thioether (sulfide) groups is 1. The van der Waals surface area contributed by atoms with Crippen LogP contribution in [0.4, 0.5) is 5.69 Å². The normalized spacial score (nSPS) is 19.0. The highest BCUT2D eigenvalue weighted by molar-refractivity contribution is 8.04. The van der Waals surface area contributed by atoms with Gasteiger partial charge in [0.25, 0.3) is 11.8 Å². The van der Waals surface area contributed by atoms with Crippen LogP contribution in [0, 0.1) is 6.92 Å². The summed E-state index contributed by atoms with van der Waals surface area (Å²) in [5.41, 5.74) is 4.70. The van der Waals surface area contributed by atoms with E-state index >= 15 is 0 Å². The van der Waals surface area contributed by atoms with Crippen molar-refractivity contribution in [3.63, 3.8) is 0 Å². The number of aryl methyl sites for hydroxylation is 1. The van der Waals surface area contributed by atoms with Crippen LogP contribution in [-0.2, 0) is 4.79 Å². The smallest absolute Gasteiger partial charge is 0.264 e. The van der Waals surface area contributed by atoms with Gasteiger partial charge in [-0.25, -0.2) is 0 Å². The SMILES string of the molecule is Cc1ccc(C2CCN(C(=O)c3ccc4c(c3)N(C)C(=O)C(=Cc3ccccc3Cl)S4)C2)cc1. The van der Waals surface area contributed by atoms with Crippen molar-refractivity contribution in [2.24, 2.45) is 0 Å². The van der Waals surface area contributed by atoms with Crippen LogP contribution >= 0.6 is 23.4 Å². The summed E-state index contributed by atoms with van der Waals surface area (Å²) in [7, 11) is 1.75. The van der Waals surface area contributed by atoms with Gasteiger partial charge < -0.3 is 9.80 Å². The molecule has 1 atom stereocenters. The maximum absolute atomic E-state index is 13.3. The predicted octanol–water partition coefficient (Wildman–Crippen LogP) is 6.39. The second-order valence-corrected chi connectivity index (χ2v) is 10.3. The van der Waals surface area contributed by atoms with Crippen LogP contribution in [0.2, 0.25) is 5.02 Å². The molecule has 0 aromatic heterocycles. The Hall–Kier alpha value is -3.02. The van der Waals surface area contributed by atoms with Crippen molar-refractivity contribution in [1.29, 1.82) is 0 Å². The first-order chi connectivity index (χ1) is 16.4. The second kappa shape index (κ2) is 9.32. The summed E-state index contributed by atoms with van der Waals surface area (Å²) in [4.78, 5) is 31.4. The number of halogens is 1. The summed E-state index contributed by atoms with van der Waals surface area (Å²) in [6.45, 7) is 3.54. The van der Waals surface area contributed by atoms with Crippen molar-refractivity contribution in [3.05, 3.63) is 98.9 Å². The van der Waals surface area contributed by atoms with Crippen molar-refractivity contribution >= 4 is 46.9 Å². The minimum absolute atomic E-state index is 0.0145. The third kappa shape index (κ3) is 4.38. The Balaban J connectivity index is 1.35. The number of fused-ring (bicyclic) bond motifs is 1. The van der Waals surface area contributed by atoms with Crippen LogP contribution in [0.1, 0.15) is 39.4 Å². The lowest BCUT2D eigenvalue weighted by Crippen LogP contribution is -2.31. The molecule has 3 aromatic carbocycles. The van der Waals surface area contributed by atoms with E-state index < -0.39 is 0 Å².